The second-order valence-electron chi connectivity index (χ2n) is 9.99. The molecule has 1 N–H and O–H groups in total. The normalized spacial score (nSPS) is 17.3. The van der Waals surface area contributed by atoms with Gasteiger partial charge in [0.1, 0.15) is 17.2 Å². The van der Waals surface area contributed by atoms with Crippen molar-refractivity contribution in [2.75, 3.05) is 24.5 Å². The molecule has 2 aliphatic heterocycles. The van der Waals surface area contributed by atoms with Crippen LogP contribution in [0.1, 0.15) is 39.9 Å². The number of carboxylic acids is 1. The van der Waals surface area contributed by atoms with E-state index in [9.17, 15) is 18.4 Å². The molecule has 3 aromatic carbocycles. The number of aromatic carboxylic acids is 1. The highest BCUT2D eigenvalue weighted by atomic mass is 19.1. The van der Waals surface area contributed by atoms with E-state index in [2.05, 4.69) is 4.90 Å². The summed E-state index contributed by atoms with van der Waals surface area (Å²) in [6, 6.07) is 14.0. The Kier molecular flexibility index (Phi) is 6.45. The van der Waals surface area contributed by atoms with Gasteiger partial charge in [-0.1, -0.05) is 12.1 Å². The molecule has 0 unspecified atom stereocenters. The van der Waals surface area contributed by atoms with E-state index in [1.807, 2.05) is 26.0 Å². The van der Waals surface area contributed by atoms with Crippen LogP contribution in [0.25, 0.3) is 11.1 Å². The van der Waals surface area contributed by atoms with Crippen LogP contribution in [0.4, 0.5) is 19.3 Å². The van der Waals surface area contributed by atoms with Crippen LogP contribution in [0.3, 0.4) is 0 Å². The van der Waals surface area contributed by atoms with Gasteiger partial charge in [-0.2, -0.15) is 0 Å². The van der Waals surface area contributed by atoms with Crippen molar-refractivity contribution in [2.24, 2.45) is 0 Å². The summed E-state index contributed by atoms with van der Waals surface area (Å²) >= 11 is 0. The predicted molar refractivity (Wildman–Crippen MR) is 136 cm³/mol. The number of ether oxygens (including phenoxy) is 1. The molecule has 1 amide bonds. The second-order valence-corrected chi connectivity index (χ2v) is 9.99. The quantitative estimate of drug-likeness (QED) is 0.464. The number of hydrogen-bond donors (Lipinski definition) is 1. The van der Waals surface area contributed by atoms with E-state index < -0.39 is 29.3 Å². The lowest BCUT2D eigenvalue weighted by Crippen LogP contribution is -2.46. The molecular formula is C29H28F2N2O4. The average Bonchev–Trinajstić information content (AvgIpc) is 3.17. The summed E-state index contributed by atoms with van der Waals surface area (Å²) in [5, 5.41) is 9.10. The smallest absolute Gasteiger partial charge is 0.415 e. The molecular weight excluding hydrogens is 478 g/mol. The summed E-state index contributed by atoms with van der Waals surface area (Å²) in [5.74, 6) is -2.18. The summed E-state index contributed by atoms with van der Waals surface area (Å²) in [6.45, 7) is 6.54. The predicted octanol–water partition coefficient (Wildman–Crippen LogP) is 5.94. The lowest BCUT2D eigenvalue weighted by Gasteiger charge is -2.37. The Labute approximate surface area is 214 Å². The molecule has 8 heteroatoms. The topological polar surface area (TPSA) is 70.1 Å². The van der Waals surface area contributed by atoms with Crippen molar-refractivity contribution in [3.63, 3.8) is 0 Å². The van der Waals surface area contributed by atoms with Crippen molar-refractivity contribution in [1.82, 2.24) is 4.90 Å². The first-order chi connectivity index (χ1) is 17.6. The lowest BCUT2D eigenvalue weighted by molar-refractivity contribution is -0.000987. The zero-order valence-electron chi connectivity index (χ0n) is 20.8. The number of benzene rings is 3. The summed E-state index contributed by atoms with van der Waals surface area (Å²) in [5.41, 5.74) is 4.39. The Balaban J connectivity index is 1.24. The molecule has 3 aromatic rings. The van der Waals surface area contributed by atoms with Crippen LogP contribution in [-0.2, 0) is 11.3 Å². The van der Waals surface area contributed by atoms with Gasteiger partial charge in [0.25, 0.3) is 0 Å². The van der Waals surface area contributed by atoms with Gasteiger partial charge in [0.05, 0.1) is 12.1 Å². The molecule has 1 spiro atoms. The van der Waals surface area contributed by atoms with Gasteiger partial charge in [-0.15, -0.1) is 0 Å². The average molecular weight is 507 g/mol. The standard InChI is InChI=1S/C29H28F2N2O4/c1-18-13-20(14-19(2)26(18)24-8-5-22(30)15-25(24)31)16-32-11-9-29(10-12-32)17-33(28(36)37-29)23-6-3-21(4-7-23)27(34)35/h3-8,13-15H,9-12,16-17H2,1-2H3,(H,34,35). The fourth-order valence-corrected chi connectivity index (χ4v) is 5.50. The summed E-state index contributed by atoms with van der Waals surface area (Å²) in [6.07, 6.45) is 0.977. The number of halogens is 2. The first-order valence-corrected chi connectivity index (χ1v) is 12.3. The first-order valence-electron chi connectivity index (χ1n) is 12.3. The number of carboxylic acid groups (broad SMARTS) is 1. The second kappa shape index (κ2) is 9.59. The van der Waals surface area contributed by atoms with Crippen LogP contribution < -0.4 is 4.90 Å². The molecule has 2 heterocycles. The molecule has 0 aromatic heterocycles. The van der Waals surface area contributed by atoms with Crippen molar-refractivity contribution in [2.45, 2.75) is 38.8 Å². The Morgan fingerprint density at radius 1 is 1.00 bits per heavy atom. The number of amides is 1. The Morgan fingerprint density at radius 2 is 1.65 bits per heavy atom. The third kappa shape index (κ3) is 4.93. The fourth-order valence-electron chi connectivity index (χ4n) is 5.50. The first kappa shape index (κ1) is 24.9. The van der Waals surface area contributed by atoms with Gasteiger partial charge >= 0.3 is 12.1 Å². The van der Waals surface area contributed by atoms with Gasteiger partial charge in [0.15, 0.2) is 0 Å². The number of likely N-dealkylation sites (tertiary alicyclic amines) is 1. The molecule has 0 radical (unpaired) electrons. The van der Waals surface area contributed by atoms with Crippen LogP contribution >= 0.6 is 0 Å². The monoisotopic (exact) mass is 506 g/mol. The molecule has 192 valence electrons. The van der Waals surface area contributed by atoms with Gasteiger partial charge in [0, 0.05) is 49.8 Å². The molecule has 0 bridgehead atoms. The highest BCUT2D eigenvalue weighted by Crippen LogP contribution is 2.37. The number of anilines is 1. The summed E-state index contributed by atoms with van der Waals surface area (Å²) < 4.78 is 33.6. The molecule has 6 nitrogen and oxygen atoms in total. The molecule has 2 fully saturated rings. The van der Waals surface area contributed by atoms with Crippen molar-refractivity contribution < 1.29 is 28.2 Å². The molecule has 0 aliphatic carbocycles. The summed E-state index contributed by atoms with van der Waals surface area (Å²) in [4.78, 5) is 27.6. The minimum Gasteiger partial charge on any atom is -0.478 e. The van der Waals surface area contributed by atoms with Crippen molar-refractivity contribution in [1.29, 1.82) is 0 Å². The Hall–Kier alpha value is -3.78. The minimum absolute atomic E-state index is 0.167. The highest BCUT2D eigenvalue weighted by molar-refractivity contribution is 5.92. The maximum absolute atomic E-state index is 14.4. The SMILES string of the molecule is Cc1cc(CN2CCC3(CC2)CN(c2ccc(C(=O)O)cc2)C(=O)O3)cc(C)c1-c1ccc(F)cc1F. The number of carbonyl (C=O) groups excluding carboxylic acids is 1. The van der Waals surface area contributed by atoms with E-state index in [1.54, 1.807) is 17.0 Å². The van der Waals surface area contributed by atoms with E-state index in [1.165, 1.54) is 24.3 Å². The van der Waals surface area contributed by atoms with E-state index in [0.29, 0.717) is 30.6 Å². The molecule has 37 heavy (non-hydrogen) atoms. The highest BCUT2D eigenvalue weighted by Gasteiger charge is 2.47. The third-order valence-corrected chi connectivity index (χ3v) is 7.36. The molecule has 5 rings (SSSR count). The number of aryl methyl sites for hydroxylation is 2. The number of carbonyl (C=O) groups is 2. The molecule has 2 aliphatic rings. The Bertz CT molecular complexity index is 1340. The van der Waals surface area contributed by atoms with Gasteiger partial charge in [-0.25, -0.2) is 18.4 Å². The molecule has 2 saturated heterocycles. The zero-order chi connectivity index (χ0) is 26.3. The van der Waals surface area contributed by atoms with Crippen molar-refractivity contribution in [3.05, 3.63) is 88.5 Å². The zero-order valence-corrected chi connectivity index (χ0v) is 20.8. The van der Waals surface area contributed by atoms with Crippen LogP contribution in [0.15, 0.2) is 54.6 Å². The maximum Gasteiger partial charge on any atom is 0.415 e. The lowest BCUT2D eigenvalue weighted by atomic mass is 9.90. The van der Waals surface area contributed by atoms with Gasteiger partial charge in [-0.05, 0) is 72.5 Å². The number of hydrogen-bond acceptors (Lipinski definition) is 4. The number of nitrogens with zero attached hydrogens (tertiary/aromatic N) is 2. The van der Waals surface area contributed by atoms with E-state index in [-0.39, 0.29) is 5.56 Å². The Morgan fingerprint density at radius 3 is 2.24 bits per heavy atom. The minimum atomic E-state index is -1.01. The van der Waals surface area contributed by atoms with Crippen LogP contribution in [0, 0.1) is 25.5 Å². The largest absolute Gasteiger partial charge is 0.478 e. The van der Waals surface area contributed by atoms with Crippen molar-refractivity contribution in [3.8, 4) is 11.1 Å². The van der Waals surface area contributed by atoms with Crippen LogP contribution in [0.2, 0.25) is 0 Å². The van der Waals surface area contributed by atoms with Crippen LogP contribution in [-0.4, -0.2) is 47.3 Å². The van der Waals surface area contributed by atoms with Crippen LogP contribution in [0.5, 0.6) is 0 Å². The molecule has 0 atom stereocenters. The van der Waals surface area contributed by atoms with Gasteiger partial charge < -0.3 is 9.84 Å². The maximum atomic E-state index is 14.4. The number of piperidine rings is 1. The van der Waals surface area contributed by atoms with Gasteiger partial charge in [-0.3, -0.25) is 9.80 Å². The van der Waals surface area contributed by atoms with E-state index in [4.69, 9.17) is 9.84 Å². The van der Waals surface area contributed by atoms with E-state index in [0.717, 1.165) is 48.0 Å². The van der Waals surface area contributed by atoms with Crippen molar-refractivity contribution >= 4 is 17.7 Å². The third-order valence-electron chi connectivity index (χ3n) is 7.36. The summed E-state index contributed by atoms with van der Waals surface area (Å²) in [7, 11) is 0. The van der Waals surface area contributed by atoms with Gasteiger partial charge in [0.2, 0.25) is 0 Å². The number of rotatable bonds is 5. The van der Waals surface area contributed by atoms with E-state index >= 15 is 0 Å². The molecule has 0 saturated carbocycles. The fraction of sp³-hybridized carbons (Fsp3) is 0.310.